The molecule has 0 aliphatic rings. The lowest BCUT2D eigenvalue weighted by atomic mass is 10.1. The molecule has 4 nitrogen and oxygen atoms in total. The molecule has 0 saturated heterocycles. The molecule has 0 bridgehead atoms. The molecule has 1 unspecified atom stereocenters. The molecular weight excluding hydrogens is 200 g/mol. The van der Waals surface area contributed by atoms with Gasteiger partial charge in [0, 0.05) is 12.1 Å². The summed E-state index contributed by atoms with van der Waals surface area (Å²) in [5, 5.41) is 3.56. The smallest absolute Gasteiger partial charge is 0.223 e. The van der Waals surface area contributed by atoms with Crippen LogP contribution in [0.25, 0.3) is 0 Å². The van der Waals surface area contributed by atoms with Crippen molar-refractivity contribution in [2.75, 3.05) is 11.1 Å². The Hall–Kier alpha value is -1.03. The van der Waals surface area contributed by atoms with Gasteiger partial charge in [-0.1, -0.05) is 25.4 Å². The number of anilines is 2. The van der Waals surface area contributed by atoms with Crippen LogP contribution in [0.4, 0.5) is 11.8 Å². The fourth-order valence-corrected chi connectivity index (χ4v) is 1.10. The number of rotatable bonds is 3. The van der Waals surface area contributed by atoms with E-state index >= 15 is 0 Å². The second kappa shape index (κ2) is 4.46. The fraction of sp³-hybridized carbons (Fsp3) is 0.556. The number of nitrogens with two attached hydrogens (primary N) is 1. The van der Waals surface area contributed by atoms with E-state index in [1.54, 1.807) is 6.07 Å². The Labute approximate surface area is 88.9 Å². The largest absolute Gasteiger partial charge is 0.368 e. The van der Waals surface area contributed by atoms with Gasteiger partial charge in [0.1, 0.15) is 11.0 Å². The van der Waals surface area contributed by atoms with Gasteiger partial charge >= 0.3 is 0 Å². The van der Waals surface area contributed by atoms with Crippen LogP contribution in [0.3, 0.4) is 0 Å². The van der Waals surface area contributed by atoms with E-state index in [0.29, 0.717) is 22.9 Å². The van der Waals surface area contributed by atoms with Gasteiger partial charge < -0.3 is 11.1 Å². The average molecular weight is 215 g/mol. The summed E-state index contributed by atoms with van der Waals surface area (Å²) >= 11 is 5.74. The lowest BCUT2D eigenvalue weighted by molar-refractivity contribution is 0.558. The van der Waals surface area contributed by atoms with Gasteiger partial charge in [0.05, 0.1) is 0 Å². The second-order valence-corrected chi connectivity index (χ2v) is 4.00. The van der Waals surface area contributed by atoms with Crippen molar-refractivity contribution in [1.82, 2.24) is 9.97 Å². The van der Waals surface area contributed by atoms with Crippen LogP contribution in [0.1, 0.15) is 20.8 Å². The maximum absolute atomic E-state index is 5.74. The molecule has 0 amide bonds. The summed E-state index contributed by atoms with van der Waals surface area (Å²) in [6.07, 6.45) is 0. The Bertz CT molecular complexity index is 293. The molecule has 1 heterocycles. The normalized spacial score (nSPS) is 12.9. The van der Waals surface area contributed by atoms with Gasteiger partial charge in [0.25, 0.3) is 0 Å². The van der Waals surface area contributed by atoms with Gasteiger partial charge in [-0.25, -0.2) is 4.98 Å². The number of nitrogen functional groups attached to an aromatic ring is 1. The molecule has 0 radical (unpaired) electrons. The van der Waals surface area contributed by atoms with Gasteiger partial charge in [0.2, 0.25) is 5.95 Å². The third-order valence-electron chi connectivity index (χ3n) is 2.09. The summed E-state index contributed by atoms with van der Waals surface area (Å²) < 4.78 is 0. The van der Waals surface area contributed by atoms with Gasteiger partial charge in [-0.05, 0) is 12.8 Å². The summed E-state index contributed by atoms with van der Waals surface area (Å²) in [6, 6.07) is 1.98. The number of halogens is 1. The molecule has 0 aromatic carbocycles. The maximum Gasteiger partial charge on any atom is 0.223 e. The topological polar surface area (TPSA) is 63.8 Å². The Morgan fingerprint density at radius 1 is 1.36 bits per heavy atom. The molecule has 0 aliphatic carbocycles. The van der Waals surface area contributed by atoms with Crippen LogP contribution in [-0.2, 0) is 0 Å². The minimum atomic E-state index is 0.191. The van der Waals surface area contributed by atoms with Crippen molar-refractivity contribution in [3.8, 4) is 0 Å². The summed E-state index contributed by atoms with van der Waals surface area (Å²) in [5.74, 6) is 1.38. The van der Waals surface area contributed by atoms with E-state index in [1.807, 2.05) is 0 Å². The van der Waals surface area contributed by atoms with Crippen LogP contribution < -0.4 is 11.1 Å². The zero-order valence-electron chi connectivity index (χ0n) is 8.58. The van der Waals surface area contributed by atoms with Crippen molar-refractivity contribution < 1.29 is 0 Å². The monoisotopic (exact) mass is 214 g/mol. The first kappa shape index (κ1) is 11.0. The highest BCUT2D eigenvalue weighted by molar-refractivity contribution is 6.29. The van der Waals surface area contributed by atoms with E-state index in [1.165, 1.54) is 0 Å². The van der Waals surface area contributed by atoms with Crippen LogP contribution in [0, 0.1) is 5.92 Å². The number of aromatic nitrogens is 2. The average Bonchev–Trinajstić information content (AvgIpc) is 2.01. The molecule has 1 aromatic rings. The Morgan fingerprint density at radius 3 is 2.50 bits per heavy atom. The summed E-state index contributed by atoms with van der Waals surface area (Å²) in [4.78, 5) is 7.81. The van der Waals surface area contributed by atoms with Crippen molar-refractivity contribution in [2.45, 2.75) is 26.8 Å². The molecule has 1 atom stereocenters. The van der Waals surface area contributed by atoms with E-state index in [2.05, 4.69) is 36.1 Å². The lowest BCUT2D eigenvalue weighted by Gasteiger charge is -2.17. The Balaban J connectivity index is 2.76. The minimum absolute atomic E-state index is 0.191. The molecule has 0 aliphatic heterocycles. The van der Waals surface area contributed by atoms with Crippen molar-refractivity contribution >= 4 is 23.4 Å². The summed E-state index contributed by atoms with van der Waals surface area (Å²) in [6.45, 7) is 6.34. The van der Waals surface area contributed by atoms with Crippen LogP contribution in [0.2, 0.25) is 5.15 Å². The van der Waals surface area contributed by atoms with E-state index < -0.39 is 0 Å². The molecule has 78 valence electrons. The first-order valence-corrected chi connectivity index (χ1v) is 4.93. The van der Waals surface area contributed by atoms with Crippen molar-refractivity contribution in [3.63, 3.8) is 0 Å². The van der Waals surface area contributed by atoms with Gasteiger partial charge in [0.15, 0.2) is 0 Å². The molecule has 0 spiro atoms. The number of nitrogens with zero attached hydrogens (tertiary/aromatic N) is 2. The molecule has 0 saturated carbocycles. The predicted octanol–water partition coefficient (Wildman–Crippen LogP) is 2.17. The van der Waals surface area contributed by atoms with Crippen LogP contribution in [-0.4, -0.2) is 16.0 Å². The number of hydrogen-bond donors (Lipinski definition) is 2. The highest BCUT2D eigenvalue weighted by atomic mass is 35.5. The van der Waals surface area contributed by atoms with E-state index in [-0.39, 0.29) is 5.95 Å². The zero-order valence-corrected chi connectivity index (χ0v) is 9.34. The molecule has 1 rings (SSSR count). The molecular formula is C9H15ClN4. The standard InChI is InChI=1S/C9H15ClN4/c1-5(2)6(3)12-8-4-7(10)13-9(11)14-8/h4-6H,1-3H3,(H3,11,12,13,14). The van der Waals surface area contributed by atoms with Crippen LogP contribution >= 0.6 is 11.6 Å². The third-order valence-corrected chi connectivity index (χ3v) is 2.28. The molecule has 3 N–H and O–H groups in total. The molecule has 0 fully saturated rings. The van der Waals surface area contributed by atoms with Crippen molar-refractivity contribution in [2.24, 2.45) is 5.92 Å². The SMILES string of the molecule is CC(C)C(C)Nc1cc(Cl)nc(N)n1. The Morgan fingerprint density at radius 2 is 2.00 bits per heavy atom. The van der Waals surface area contributed by atoms with Gasteiger partial charge in [-0.15, -0.1) is 0 Å². The molecule has 1 aromatic heterocycles. The number of hydrogen-bond acceptors (Lipinski definition) is 4. The molecule has 5 heteroatoms. The van der Waals surface area contributed by atoms with E-state index in [0.717, 1.165) is 0 Å². The predicted molar refractivity (Wildman–Crippen MR) is 59.4 cm³/mol. The first-order chi connectivity index (χ1) is 6.49. The zero-order chi connectivity index (χ0) is 10.7. The van der Waals surface area contributed by atoms with Crippen LogP contribution in [0.15, 0.2) is 6.07 Å². The molecule has 14 heavy (non-hydrogen) atoms. The second-order valence-electron chi connectivity index (χ2n) is 3.61. The lowest BCUT2D eigenvalue weighted by Crippen LogP contribution is -2.22. The van der Waals surface area contributed by atoms with Gasteiger partial charge in [-0.3, -0.25) is 0 Å². The number of nitrogens with one attached hydrogen (secondary N) is 1. The highest BCUT2D eigenvalue weighted by Crippen LogP contribution is 2.15. The van der Waals surface area contributed by atoms with Gasteiger partial charge in [-0.2, -0.15) is 4.98 Å². The van der Waals surface area contributed by atoms with Crippen molar-refractivity contribution in [3.05, 3.63) is 11.2 Å². The first-order valence-electron chi connectivity index (χ1n) is 4.55. The van der Waals surface area contributed by atoms with E-state index in [4.69, 9.17) is 17.3 Å². The quantitative estimate of drug-likeness (QED) is 0.757. The third kappa shape index (κ3) is 3.03. The highest BCUT2D eigenvalue weighted by Gasteiger charge is 2.08. The summed E-state index contributed by atoms with van der Waals surface area (Å²) in [7, 11) is 0. The maximum atomic E-state index is 5.74. The van der Waals surface area contributed by atoms with E-state index in [9.17, 15) is 0 Å². The summed E-state index contributed by atoms with van der Waals surface area (Å²) in [5.41, 5.74) is 5.46. The Kier molecular flexibility index (Phi) is 3.52. The van der Waals surface area contributed by atoms with Crippen LogP contribution in [0.5, 0.6) is 0 Å². The fourth-order valence-electron chi connectivity index (χ4n) is 0.909. The van der Waals surface area contributed by atoms with Crippen molar-refractivity contribution in [1.29, 1.82) is 0 Å². The minimum Gasteiger partial charge on any atom is -0.368 e.